The maximum atomic E-state index is 4.20. The van der Waals surface area contributed by atoms with Crippen molar-refractivity contribution < 1.29 is 0 Å². The lowest BCUT2D eigenvalue weighted by Crippen LogP contribution is -2.27. The van der Waals surface area contributed by atoms with Crippen molar-refractivity contribution in [2.45, 2.75) is 152 Å². The Morgan fingerprint density at radius 2 is 0.450 bits per heavy atom. The van der Waals surface area contributed by atoms with Gasteiger partial charge in [-0.3, -0.25) is 4.98 Å². The Kier molecular flexibility index (Phi) is 19.7. The minimum Gasteiger partial charge on any atom is -0.371 e. The molecule has 0 bridgehead atoms. The third-order valence-corrected chi connectivity index (χ3v) is 26.8. The Morgan fingerprint density at radius 3 is 0.680 bits per heavy atom. The second-order valence-corrected chi connectivity index (χ2v) is 40.6. The molecule has 540 valence electrons. The van der Waals surface area contributed by atoms with E-state index in [9.17, 15) is 0 Å². The smallest absolute Gasteiger partial charge is 0.0552 e. The van der Waals surface area contributed by atoms with Gasteiger partial charge in [0.25, 0.3) is 0 Å². The monoisotopic (exact) mass is 1350 g/mol. The van der Waals surface area contributed by atoms with E-state index in [4.69, 9.17) is 0 Å². The quantitative estimate of drug-likeness (QED) is 0.164. The molecule has 12 fully saturated rings. The van der Waals surface area contributed by atoms with E-state index in [1.54, 1.807) is 0 Å². The summed E-state index contributed by atoms with van der Waals surface area (Å²) >= 11 is 0. The van der Waals surface area contributed by atoms with Gasteiger partial charge in [-0.2, -0.15) is 0 Å². The van der Waals surface area contributed by atoms with Crippen molar-refractivity contribution in [3.05, 3.63) is 174 Å². The predicted octanol–water partition coefficient (Wildman–Crippen LogP) is 21.1. The van der Waals surface area contributed by atoms with E-state index in [1.807, 2.05) is 18.5 Å². The van der Waals surface area contributed by atoms with E-state index in [2.05, 4.69) is 320 Å². The zero-order valence-corrected chi connectivity index (χ0v) is 66.4. The van der Waals surface area contributed by atoms with Crippen LogP contribution in [0.1, 0.15) is 147 Å². The highest BCUT2D eigenvalue weighted by atomic mass is 15.2. The van der Waals surface area contributed by atoms with Crippen molar-refractivity contribution in [3.63, 3.8) is 0 Å². The number of aromatic nitrogens is 1. The van der Waals surface area contributed by atoms with Gasteiger partial charge >= 0.3 is 0 Å². The Balaban J connectivity index is 0.000000108. The summed E-state index contributed by atoms with van der Waals surface area (Å²) in [5, 5.41) is 0. The Bertz CT molecular complexity index is 3370. The van der Waals surface area contributed by atoms with Gasteiger partial charge in [0.1, 0.15) is 0 Å². The number of benzene rings is 5. The lowest BCUT2D eigenvalue weighted by atomic mass is 9.87. The average molecular weight is 1350 g/mol. The van der Waals surface area contributed by atoms with Gasteiger partial charge in [-0.25, -0.2) is 0 Å². The molecule has 6 aliphatic carbocycles. The molecule has 6 saturated carbocycles. The largest absolute Gasteiger partial charge is 0.371 e. The second kappa shape index (κ2) is 27.3. The number of fused-ring (bicyclic) bond motifs is 6. The van der Waals surface area contributed by atoms with Crippen LogP contribution in [0.5, 0.6) is 0 Å². The molecule has 7 heteroatoms. The molecule has 6 aliphatic heterocycles. The molecule has 12 aliphatic rings. The highest BCUT2D eigenvalue weighted by Gasteiger charge is 2.64. The Morgan fingerprint density at radius 1 is 0.230 bits per heavy atom. The summed E-state index contributed by atoms with van der Waals surface area (Å²) in [5.41, 5.74) is 16.9. The molecule has 7 heterocycles. The van der Waals surface area contributed by atoms with Gasteiger partial charge in [-0.05, 0) is 256 Å². The van der Waals surface area contributed by atoms with Gasteiger partial charge < -0.3 is 29.4 Å². The molecular formula is C93H133N7. The van der Waals surface area contributed by atoms with Crippen LogP contribution in [0, 0.1) is 167 Å². The van der Waals surface area contributed by atoms with Gasteiger partial charge in [-0.15, -0.1) is 0 Å². The van der Waals surface area contributed by atoms with E-state index >= 15 is 0 Å². The van der Waals surface area contributed by atoms with E-state index in [0.717, 1.165) is 107 Å². The lowest BCUT2D eigenvalue weighted by molar-refractivity contribution is 0.309. The van der Waals surface area contributed by atoms with Crippen LogP contribution in [-0.4, -0.2) is 83.5 Å². The fourth-order valence-corrected chi connectivity index (χ4v) is 22.5. The number of hydrogen-bond donors (Lipinski definition) is 0. The van der Waals surface area contributed by atoms with Crippen LogP contribution in [0.25, 0.3) is 0 Å². The standard InChI is InChI=1S/4C16H23N.C15H21N.C14H20N2/c1-11-5-7-12(8-6-11)17-9-13-14(10-17)15(13)16(2,3)4;3*1-11-6-5-7-12(8-11)17-9-13-14(10-17)15(13)16(2,3)4;1-15(2,3)14-12-9-16(10-13(12)14)11-7-5-4-6-8-11;1-14(2,3)13-11-8-16(9-12(11)13)10-5-4-6-15-7-10/h4*5-8,13-15H,9-10H2,1-4H3;4-8,12-14H,9-10H2,1-3H3;4-7,11-13H,8-9H2,1-3H3. The minimum atomic E-state index is 0.496. The van der Waals surface area contributed by atoms with Crippen LogP contribution in [0.3, 0.4) is 0 Å². The number of aryl methyl sites for hydroxylation is 4. The summed E-state index contributed by atoms with van der Waals surface area (Å²) in [6, 6.07) is 50.8. The molecule has 0 spiro atoms. The zero-order valence-electron chi connectivity index (χ0n) is 66.4. The molecule has 12 atom stereocenters. The SMILES string of the molecule is CC(C)(C)C1C2CN(c3ccccc3)CC21.CC(C)(C)C1C2CN(c3cccnc3)CC21.Cc1ccc(N2CC3C(C2)C3C(C)(C)C)cc1.Cc1cccc(N2CC3C(C2)C3C(C)(C)C)c1.Cc1cccc(N2CC3C(C2)C3C(C)(C)C)c1.Cc1cccc(N2CC3C(C2)C3C(C)(C)C)c1. The van der Waals surface area contributed by atoms with Crippen molar-refractivity contribution in [1.29, 1.82) is 0 Å². The molecule has 18 rings (SSSR count). The van der Waals surface area contributed by atoms with Crippen molar-refractivity contribution in [1.82, 2.24) is 4.98 Å². The number of piperidine rings is 6. The summed E-state index contributed by atoms with van der Waals surface area (Å²) in [7, 11) is 0. The fourth-order valence-electron chi connectivity index (χ4n) is 22.5. The van der Waals surface area contributed by atoms with Gasteiger partial charge in [0.05, 0.1) is 11.9 Å². The van der Waals surface area contributed by atoms with Crippen molar-refractivity contribution >= 4 is 34.1 Å². The molecule has 12 unspecified atom stereocenters. The first-order valence-corrected chi connectivity index (χ1v) is 39.7. The molecular weight excluding hydrogens is 1220 g/mol. The van der Waals surface area contributed by atoms with Crippen LogP contribution in [0.4, 0.5) is 34.1 Å². The number of hydrogen-bond acceptors (Lipinski definition) is 7. The maximum Gasteiger partial charge on any atom is 0.0552 e. The number of rotatable bonds is 6. The highest BCUT2D eigenvalue weighted by molar-refractivity contribution is 5.55. The van der Waals surface area contributed by atoms with Gasteiger partial charge in [0, 0.05) is 113 Å². The first kappa shape index (κ1) is 72.4. The van der Waals surface area contributed by atoms with Crippen LogP contribution in [0.2, 0.25) is 0 Å². The zero-order chi connectivity index (χ0) is 71.5. The number of anilines is 6. The Hall–Kier alpha value is -5.95. The lowest BCUT2D eigenvalue weighted by Gasteiger charge is -2.27. The number of pyridine rings is 1. The van der Waals surface area contributed by atoms with Crippen LogP contribution >= 0.6 is 0 Å². The van der Waals surface area contributed by atoms with Crippen molar-refractivity contribution in [3.8, 4) is 0 Å². The van der Waals surface area contributed by atoms with Gasteiger partial charge in [-0.1, -0.05) is 197 Å². The topological polar surface area (TPSA) is 32.3 Å². The molecule has 0 radical (unpaired) electrons. The van der Waals surface area contributed by atoms with Crippen molar-refractivity contribution in [2.75, 3.05) is 108 Å². The molecule has 7 nitrogen and oxygen atoms in total. The fraction of sp³-hybridized carbons (Fsp3) is 0.624. The van der Waals surface area contributed by atoms with Gasteiger partial charge in [0.15, 0.2) is 0 Å². The first-order chi connectivity index (χ1) is 47.0. The number of nitrogens with zero attached hydrogens (tertiary/aromatic N) is 7. The van der Waals surface area contributed by atoms with Gasteiger partial charge in [0.2, 0.25) is 0 Å². The molecule has 6 aromatic rings. The normalized spacial score (nSPS) is 31.9. The second-order valence-electron chi connectivity index (χ2n) is 40.6. The number of para-hydroxylation sites is 1. The van der Waals surface area contributed by atoms with E-state index in [-0.39, 0.29) is 0 Å². The summed E-state index contributed by atoms with van der Waals surface area (Å²) in [6.45, 7) is 67.0. The van der Waals surface area contributed by atoms with Crippen LogP contribution < -0.4 is 29.4 Å². The summed E-state index contributed by atoms with van der Waals surface area (Å²) in [6.07, 6.45) is 3.83. The Labute approximate surface area is 609 Å². The molecule has 0 N–H and O–H groups in total. The molecule has 100 heavy (non-hydrogen) atoms. The molecule has 1 aromatic heterocycles. The average Bonchev–Trinajstić information content (AvgIpc) is 1.61. The third-order valence-electron chi connectivity index (χ3n) is 26.8. The van der Waals surface area contributed by atoms with Crippen molar-refractivity contribution in [2.24, 2.45) is 139 Å². The van der Waals surface area contributed by atoms with Crippen LogP contribution in [0.15, 0.2) is 152 Å². The van der Waals surface area contributed by atoms with Crippen LogP contribution in [-0.2, 0) is 0 Å². The summed E-state index contributed by atoms with van der Waals surface area (Å²) in [4.78, 5) is 19.5. The van der Waals surface area contributed by atoms with E-state index in [0.29, 0.717) is 32.5 Å². The first-order valence-electron chi connectivity index (χ1n) is 39.7. The van der Waals surface area contributed by atoms with E-state index < -0.39 is 0 Å². The molecule has 0 amide bonds. The third kappa shape index (κ3) is 16.0. The molecule has 6 saturated heterocycles. The van der Waals surface area contributed by atoms with E-state index in [1.165, 1.54) is 135 Å². The molecule has 5 aromatic carbocycles. The predicted molar refractivity (Wildman–Crippen MR) is 428 cm³/mol. The minimum absolute atomic E-state index is 0.496. The maximum absolute atomic E-state index is 4.20. The highest BCUT2D eigenvalue weighted by Crippen LogP contribution is 2.65. The summed E-state index contributed by atoms with van der Waals surface area (Å²) in [5.74, 6) is 17.2. The summed E-state index contributed by atoms with van der Waals surface area (Å²) < 4.78 is 0.